The molecule has 0 saturated carbocycles. The number of carbonyl (C=O) groups is 1. The van der Waals surface area contributed by atoms with Gasteiger partial charge >= 0.3 is 0 Å². The van der Waals surface area contributed by atoms with Crippen LogP contribution in [0.25, 0.3) is 27.2 Å². The minimum Gasteiger partial charge on any atom is -0.490 e. The fraction of sp³-hybridized carbons (Fsp3) is 0.276. The van der Waals surface area contributed by atoms with Gasteiger partial charge in [-0.1, -0.05) is 18.2 Å². The van der Waals surface area contributed by atoms with Crippen LogP contribution in [0.1, 0.15) is 41.1 Å². The summed E-state index contributed by atoms with van der Waals surface area (Å²) in [5, 5.41) is 8.41. The standard InChI is InChI=1S/C29H30N6O3S/c1-18(19-4-3-5-23(12-19)38-22-8-10-31-11-9-22)37-26-14-27(39-28(26)29(30)36)35-17-32-24-13-20(6-7-25(24)35)21-15-33-34(2)16-21/h3-7,12-18,22,31H,8-11H2,1-2H3,(H2,30,36). The summed E-state index contributed by atoms with van der Waals surface area (Å²) in [6.07, 6.45) is 7.43. The van der Waals surface area contributed by atoms with Crippen molar-refractivity contribution in [1.29, 1.82) is 0 Å². The molecule has 5 aromatic rings. The van der Waals surface area contributed by atoms with Gasteiger partial charge in [-0.3, -0.25) is 14.0 Å². The third kappa shape index (κ3) is 5.25. The Morgan fingerprint density at radius 2 is 2.00 bits per heavy atom. The lowest BCUT2D eigenvalue weighted by Crippen LogP contribution is -2.34. The van der Waals surface area contributed by atoms with Crippen molar-refractivity contribution in [2.24, 2.45) is 12.8 Å². The van der Waals surface area contributed by atoms with Gasteiger partial charge in [-0.15, -0.1) is 11.3 Å². The molecule has 0 bridgehead atoms. The van der Waals surface area contributed by atoms with Crippen LogP contribution in [0.4, 0.5) is 0 Å². The highest BCUT2D eigenvalue weighted by Gasteiger charge is 2.21. The van der Waals surface area contributed by atoms with Crippen molar-refractivity contribution in [2.45, 2.75) is 32.0 Å². The summed E-state index contributed by atoms with van der Waals surface area (Å²) >= 11 is 1.29. The summed E-state index contributed by atoms with van der Waals surface area (Å²) in [5.74, 6) is 0.750. The Morgan fingerprint density at radius 1 is 1.15 bits per heavy atom. The number of primary amides is 1. The summed E-state index contributed by atoms with van der Waals surface area (Å²) in [7, 11) is 1.89. The summed E-state index contributed by atoms with van der Waals surface area (Å²) in [5.41, 5.74) is 10.5. The third-order valence-electron chi connectivity index (χ3n) is 6.95. The number of aromatic nitrogens is 4. The maximum atomic E-state index is 12.4. The number of rotatable bonds is 8. The average Bonchev–Trinajstić information content (AvgIpc) is 3.67. The number of amides is 1. The number of aryl methyl sites for hydroxylation is 1. The van der Waals surface area contributed by atoms with Crippen LogP contribution in [-0.2, 0) is 7.05 Å². The molecule has 1 aliphatic heterocycles. The SMILES string of the molecule is CC(Oc1cc(-n2cnc3cc(-c4cnn(C)c4)ccc32)sc1C(N)=O)c1cccc(OC2CCNCC2)c1. The Hall–Kier alpha value is -4.15. The molecule has 1 unspecified atom stereocenters. The number of thiophene rings is 1. The molecule has 1 aliphatic rings. The second-order valence-electron chi connectivity index (χ2n) is 9.76. The van der Waals surface area contributed by atoms with Gasteiger partial charge in [0, 0.05) is 24.9 Å². The van der Waals surface area contributed by atoms with Crippen molar-refractivity contribution in [2.75, 3.05) is 13.1 Å². The van der Waals surface area contributed by atoms with Gasteiger partial charge in [-0.2, -0.15) is 5.10 Å². The number of nitrogens with one attached hydrogen (secondary N) is 1. The topological polar surface area (TPSA) is 109 Å². The molecule has 2 aromatic carbocycles. The molecule has 39 heavy (non-hydrogen) atoms. The Kier molecular flexibility index (Phi) is 6.80. The van der Waals surface area contributed by atoms with Gasteiger partial charge in [0.2, 0.25) is 0 Å². The summed E-state index contributed by atoms with van der Waals surface area (Å²) in [6.45, 7) is 3.90. The third-order valence-corrected chi connectivity index (χ3v) is 8.08. The highest BCUT2D eigenvalue weighted by Crippen LogP contribution is 2.37. The number of nitrogens with two attached hydrogens (primary N) is 1. The molecule has 1 amide bonds. The monoisotopic (exact) mass is 542 g/mol. The number of carbonyl (C=O) groups excluding carboxylic acids is 1. The average molecular weight is 543 g/mol. The molecule has 0 aliphatic carbocycles. The Bertz CT molecular complexity index is 1630. The van der Waals surface area contributed by atoms with Crippen LogP contribution in [0, 0.1) is 0 Å². The van der Waals surface area contributed by atoms with Crippen molar-refractivity contribution in [3.63, 3.8) is 0 Å². The molecule has 9 nitrogen and oxygen atoms in total. The number of ether oxygens (including phenoxy) is 2. The van der Waals surface area contributed by atoms with E-state index in [4.69, 9.17) is 15.2 Å². The van der Waals surface area contributed by atoms with Crippen LogP contribution in [0.2, 0.25) is 0 Å². The number of benzene rings is 2. The highest BCUT2D eigenvalue weighted by atomic mass is 32.1. The van der Waals surface area contributed by atoms with E-state index in [0.29, 0.717) is 10.6 Å². The van der Waals surface area contributed by atoms with Crippen molar-refractivity contribution < 1.29 is 14.3 Å². The molecule has 1 fully saturated rings. The molecule has 10 heteroatoms. The Balaban J connectivity index is 1.25. The van der Waals surface area contributed by atoms with E-state index in [0.717, 1.165) is 64.4 Å². The molecular weight excluding hydrogens is 512 g/mol. The van der Waals surface area contributed by atoms with E-state index in [2.05, 4.69) is 15.4 Å². The van der Waals surface area contributed by atoms with E-state index in [1.807, 2.05) is 79.5 Å². The van der Waals surface area contributed by atoms with Gasteiger partial charge in [0.05, 0.1) is 17.2 Å². The fourth-order valence-corrected chi connectivity index (χ4v) is 5.81. The molecule has 6 rings (SSSR count). The second-order valence-corrected chi connectivity index (χ2v) is 10.8. The minimum absolute atomic E-state index is 0.212. The summed E-state index contributed by atoms with van der Waals surface area (Å²) < 4.78 is 16.2. The number of hydrogen-bond acceptors (Lipinski definition) is 7. The van der Waals surface area contributed by atoms with Gasteiger partial charge in [0.1, 0.15) is 39.9 Å². The van der Waals surface area contributed by atoms with Gasteiger partial charge < -0.3 is 20.5 Å². The number of piperidine rings is 1. The van der Waals surface area contributed by atoms with E-state index in [-0.39, 0.29) is 12.2 Å². The van der Waals surface area contributed by atoms with Crippen LogP contribution in [-0.4, -0.2) is 44.4 Å². The largest absolute Gasteiger partial charge is 0.490 e. The maximum Gasteiger partial charge on any atom is 0.262 e. The molecule has 200 valence electrons. The normalized spacial score (nSPS) is 14.9. The maximum absolute atomic E-state index is 12.4. The lowest BCUT2D eigenvalue weighted by molar-refractivity contribution is 0.0998. The molecule has 0 radical (unpaired) electrons. The second kappa shape index (κ2) is 10.5. The summed E-state index contributed by atoms with van der Waals surface area (Å²) in [4.78, 5) is 17.3. The predicted molar refractivity (Wildman–Crippen MR) is 152 cm³/mol. The van der Waals surface area contributed by atoms with Gasteiger partial charge in [0.25, 0.3) is 5.91 Å². The quantitative estimate of drug-likeness (QED) is 0.290. The Labute approximate surface area is 230 Å². The van der Waals surface area contributed by atoms with Gasteiger partial charge in [-0.25, -0.2) is 4.98 Å². The summed E-state index contributed by atoms with van der Waals surface area (Å²) in [6, 6.07) is 15.9. The fourth-order valence-electron chi connectivity index (χ4n) is 4.88. The molecule has 1 saturated heterocycles. The van der Waals surface area contributed by atoms with Crippen molar-refractivity contribution in [3.8, 4) is 27.6 Å². The van der Waals surface area contributed by atoms with Crippen LogP contribution >= 0.6 is 11.3 Å². The number of hydrogen-bond donors (Lipinski definition) is 2. The Morgan fingerprint density at radius 3 is 2.77 bits per heavy atom. The predicted octanol–water partition coefficient (Wildman–Crippen LogP) is 4.86. The van der Waals surface area contributed by atoms with Crippen LogP contribution < -0.4 is 20.5 Å². The number of nitrogens with zero attached hydrogens (tertiary/aromatic N) is 4. The first kappa shape index (κ1) is 25.1. The lowest BCUT2D eigenvalue weighted by Gasteiger charge is -2.24. The zero-order chi connectivity index (χ0) is 26.9. The smallest absolute Gasteiger partial charge is 0.262 e. The molecule has 1 atom stereocenters. The van der Waals surface area contributed by atoms with Gasteiger partial charge in [-0.05, 0) is 68.2 Å². The van der Waals surface area contributed by atoms with Crippen LogP contribution in [0.5, 0.6) is 11.5 Å². The first-order valence-electron chi connectivity index (χ1n) is 13.0. The van der Waals surface area contributed by atoms with Crippen LogP contribution in [0.15, 0.2) is 67.3 Å². The molecule has 3 N–H and O–H groups in total. The van der Waals surface area contributed by atoms with Gasteiger partial charge in [0.15, 0.2) is 0 Å². The van der Waals surface area contributed by atoms with Crippen molar-refractivity contribution in [3.05, 3.63) is 77.7 Å². The lowest BCUT2D eigenvalue weighted by atomic mass is 10.1. The zero-order valence-electron chi connectivity index (χ0n) is 21.8. The zero-order valence-corrected chi connectivity index (χ0v) is 22.6. The van der Waals surface area contributed by atoms with E-state index in [9.17, 15) is 4.79 Å². The van der Waals surface area contributed by atoms with E-state index < -0.39 is 5.91 Å². The van der Waals surface area contributed by atoms with E-state index >= 15 is 0 Å². The molecule has 3 aromatic heterocycles. The van der Waals surface area contributed by atoms with Crippen molar-refractivity contribution in [1.82, 2.24) is 24.6 Å². The first-order chi connectivity index (χ1) is 18.9. The van der Waals surface area contributed by atoms with Crippen LogP contribution in [0.3, 0.4) is 0 Å². The highest BCUT2D eigenvalue weighted by molar-refractivity contribution is 7.16. The van der Waals surface area contributed by atoms with E-state index in [1.165, 1.54) is 11.3 Å². The molecule has 4 heterocycles. The molecule has 0 spiro atoms. The first-order valence-corrected chi connectivity index (χ1v) is 13.8. The van der Waals surface area contributed by atoms with E-state index in [1.54, 1.807) is 11.0 Å². The minimum atomic E-state index is -0.528. The van der Waals surface area contributed by atoms with Crippen molar-refractivity contribution >= 4 is 28.3 Å². The molecular formula is C29H30N6O3S. The number of fused-ring (bicyclic) bond motifs is 1. The number of imidazole rings is 1.